The smallest absolute Gasteiger partial charge is 0.0398 e. The van der Waals surface area contributed by atoms with E-state index in [-0.39, 0.29) is 5.54 Å². The van der Waals surface area contributed by atoms with Crippen LogP contribution in [-0.2, 0) is 6.42 Å². The highest BCUT2D eigenvalue weighted by Gasteiger charge is 2.17. The van der Waals surface area contributed by atoms with E-state index in [2.05, 4.69) is 43.0 Å². The fraction of sp³-hybridized carbons (Fsp3) is 0.600. The topological polar surface area (TPSA) is 29.3 Å². The molecule has 0 aromatic heterocycles. The first-order valence-electron chi connectivity index (χ1n) is 6.68. The molecule has 17 heavy (non-hydrogen) atoms. The van der Waals surface area contributed by atoms with Gasteiger partial charge < -0.3 is 10.6 Å². The lowest BCUT2D eigenvalue weighted by molar-refractivity contribution is 0.477. The van der Waals surface area contributed by atoms with Gasteiger partial charge in [0.05, 0.1) is 0 Å². The minimum absolute atomic E-state index is 0.0713. The van der Waals surface area contributed by atoms with Crippen molar-refractivity contribution >= 4 is 5.69 Å². The molecule has 1 aliphatic rings. The van der Waals surface area contributed by atoms with Gasteiger partial charge in [-0.25, -0.2) is 0 Å². The van der Waals surface area contributed by atoms with E-state index in [1.165, 1.54) is 37.2 Å². The Balaban J connectivity index is 2.10. The SMILES string of the molecule is CC(C)(N)CCc1ccccc1N1CCCC1. The lowest BCUT2D eigenvalue weighted by Gasteiger charge is -2.23. The molecule has 0 spiro atoms. The summed E-state index contributed by atoms with van der Waals surface area (Å²) in [4.78, 5) is 2.51. The van der Waals surface area contributed by atoms with Gasteiger partial charge in [0.25, 0.3) is 0 Å². The minimum Gasteiger partial charge on any atom is -0.371 e. The lowest BCUT2D eigenvalue weighted by Crippen LogP contribution is -2.32. The highest BCUT2D eigenvalue weighted by Crippen LogP contribution is 2.26. The van der Waals surface area contributed by atoms with Gasteiger partial charge in [0.2, 0.25) is 0 Å². The molecule has 94 valence electrons. The van der Waals surface area contributed by atoms with Gasteiger partial charge >= 0.3 is 0 Å². The van der Waals surface area contributed by atoms with Crippen LogP contribution >= 0.6 is 0 Å². The molecule has 1 heterocycles. The van der Waals surface area contributed by atoms with Crippen molar-refractivity contribution in [3.05, 3.63) is 29.8 Å². The van der Waals surface area contributed by atoms with E-state index in [9.17, 15) is 0 Å². The number of hydrogen-bond acceptors (Lipinski definition) is 2. The summed E-state index contributed by atoms with van der Waals surface area (Å²) in [5, 5.41) is 0. The first kappa shape index (κ1) is 12.4. The van der Waals surface area contributed by atoms with Crippen LogP contribution in [0, 0.1) is 0 Å². The molecule has 0 atom stereocenters. The summed E-state index contributed by atoms with van der Waals surface area (Å²) >= 11 is 0. The molecule has 0 saturated carbocycles. The average Bonchev–Trinajstić information content (AvgIpc) is 2.79. The Morgan fingerprint density at radius 2 is 1.82 bits per heavy atom. The van der Waals surface area contributed by atoms with Gasteiger partial charge in [-0.15, -0.1) is 0 Å². The lowest BCUT2D eigenvalue weighted by atomic mass is 9.95. The maximum absolute atomic E-state index is 6.07. The van der Waals surface area contributed by atoms with Gasteiger partial charge in [-0.1, -0.05) is 18.2 Å². The van der Waals surface area contributed by atoms with Crippen LogP contribution in [0.25, 0.3) is 0 Å². The first-order chi connectivity index (χ1) is 8.06. The van der Waals surface area contributed by atoms with Crippen molar-refractivity contribution in [1.29, 1.82) is 0 Å². The zero-order chi connectivity index (χ0) is 12.3. The normalized spacial score (nSPS) is 16.5. The average molecular weight is 232 g/mol. The second kappa shape index (κ2) is 5.09. The molecule has 0 bridgehead atoms. The van der Waals surface area contributed by atoms with Gasteiger partial charge in [0, 0.05) is 24.3 Å². The van der Waals surface area contributed by atoms with E-state index in [1.807, 2.05) is 0 Å². The number of nitrogens with two attached hydrogens (primary N) is 1. The number of rotatable bonds is 4. The molecule has 1 aliphatic heterocycles. The number of anilines is 1. The molecule has 0 unspecified atom stereocenters. The van der Waals surface area contributed by atoms with Crippen molar-refractivity contribution in [3.63, 3.8) is 0 Å². The third-order valence-electron chi connectivity index (χ3n) is 3.48. The summed E-state index contributed by atoms with van der Waals surface area (Å²) in [7, 11) is 0. The summed E-state index contributed by atoms with van der Waals surface area (Å²) < 4.78 is 0. The van der Waals surface area contributed by atoms with E-state index in [0.717, 1.165) is 12.8 Å². The third kappa shape index (κ3) is 3.47. The Morgan fingerprint density at radius 3 is 2.47 bits per heavy atom. The second-order valence-electron chi connectivity index (χ2n) is 5.81. The van der Waals surface area contributed by atoms with Crippen LogP contribution in [0.1, 0.15) is 38.7 Å². The van der Waals surface area contributed by atoms with E-state index in [0.29, 0.717) is 0 Å². The highest BCUT2D eigenvalue weighted by molar-refractivity contribution is 5.54. The molecule has 2 N–H and O–H groups in total. The molecule has 2 rings (SSSR count). The van der Waals surface area contributed by atoms with Crippen LogP contribution < -0.4 is 10.6 Å². The molecule has 1 aromatic carbocycles. The number of aryl methyl sites for hydroxylation is 1. The van der Waals surface area contributed by atoms with Crippen molar-refractivity contribution < 1.29 is 0 Å². The highest BCUT2D eigenvalue weighted by atomic mass is 15.1. The van der Waals surface area contributed by atoms with E-state index in [1.54, 1.807) is 0 Å². The summed E-state index contributed by atoms with van der Waals surface area (Å²) in [6, 6.07) is 8.78. The number of benzene rings is 1. The quantitative estimate of drug-likeness (QED) is 0.865. The predicted octanol–water partition coefficient (Wildman–Crippen LogP) is 2.96. The van der Waals surface area contributed by atoms with Gasteiger partial charge in [0.1, 0.15) is 0 Å². The predicted molar refractivity (Wildman–Crippen MR) is 74.5 cm³/mol. The monoisotopic (exact) mass is 232 g/mol. The minimum atomic E-state index is -0.0713. The van der Waals surface area contributed by atoms with Gasteiger partial charge in [-0.05, 0) is 51.2 Å². The standard InChI is InChI=1S/C15H24N2/c1-15(2,16)10-9-13-7-3-4-8-14(13)17-11-5-6-12-17/h3-4,7-8H,5-6,9-12,16H2,1-2H3. The zero-order valence-corrected chi connectivity index (χ0v) is 11.1. The Morgan fingerprint density at radius 1 is 1.18 bits per heavy atom. The molecule has 1 aromatic rings. The van der Waals surface area contributed by atoms with Crippen LogP contribution in [0.3, 0.4) is 0 Å². The van der Waals surface area contributed by atoms with Crippen molar-refractivity contribution in [3.8, 4) is 0 Å². The van der Waals surface area contributed by atoms with Crippen LogP contribution in [0.4, 0.5) is 5.69 Å². The fourth-order valence-corrected chi connectivity index (χ4v) is 2.45. The second-order valence-corrected chi connectivity index (χ2v) is 5.81. The van der Waals surface area contributed by atoms with Gasteiger partial charge in [-0.3, -0.25) is 0 Å². The maximum Gasteiger partial charge on any atom is 0.0398 e. The molecule has 0 radical (unpaired) electrons. The van der Waals surface area contributed by atoms with Crippen LogP contribution in [0.2, 0.25) is 0 Å². The Hall–Kier alpha value is -1.02. The van der Waals surface area contributed by atoms with Crippen molar-refractivity contribution in [1.82, 2.24) is 0 Å². The van der Waals surface area contributed by atoms with E-state index < -0.39 is 0 Å². The largest absolute Gasteiger partial charge is 0.371 e. The van der Waals surface area contributed by atoms with Crippen molar-refractivity contribution in [2.45, 2.75) is 45.1 Å². The van der Waals surface area contributed by atoms with E-state index in [4.69, 9.17) is 5.73 Å². The van der Waals surface area contributed by atoms with Crippen LogP contribution in [0.5, 0.6) is 0 Å². The summed E-state index contributed by atoms with van der Waals surface area (Å²) in [6.07, 6.45) is 4.78. The summed E-state index contributed by atoms with van der Waals surface area (Å²) in [5.41, 5.74) is 8.88. The molecule has 2 nitrogen and oxygen atoms in total. The Labute approximate surface area is 105 Å². The molecule has 0 amide bonds. The number of nitrogens with zero attached hydrogens (tertiary/aromatic N) is 1. The van der Waals surface area contributed by atoms with Crippen molar-refractivity contribution in [2.24, 2.45) is 5.73 Å². The van der Waals surface area contributed by atoms with Gasteiger partial charge in [0.15, 0.2) is 0 Å². The van der Waals surface area contributed by atoms with Crippen LogP contribution in [-0.4, -0.2) is 18.6 Å². The molecule has 1 saturated heterocycles. The maximum atomic E-state index is 6.07. The summed E-state index contributed by atoms with van der Waals surface area (Å²) in [5.74, 6) is 0. The number of para-hydroxylation sites is 1. The molecular formula is C15H24N2. The van der Waals surface area contributed by atoms with Crippen LogP contribution in [0.15, 0.2) is 24.3 Å². The Bertz CT molecular complexity index is 359. The third-order valence-corrected chi connectivity index (χ3v) is 3.48. The molecule has 0 aliphatic carbocycles. The van der Waals surface area contributed by atoms with Gasteiger partial charge in [-0.2, -0.15) is 0 Å². The molecule has 2 heteroatoms. The number of hydrogen-bond donors (Lipinski definition) is 1. The molecular weight excluding hydrogens is 208 g/mol. The van der Waals surface area contributed by atoms with Crippen molar-refractivity contribution in [2.75, 3.05) is 18.0 Å². The zero-order valence-electron chi connectivity index (χ0n) is 11.1. The first-order valence-corrected chi connectivity index (χ1v) is 6.68. The molecule has 1 fully saturated rings. The fourth-order valence-electron chi connectivity index (χ4n) is 2.45. The van der Waals surface area contributed by atoms with E-state index >= 15 is 0 Å². The Kier molecular flexibility index (Phi) is 3.72. The summed E-state index contributed by atoms with van der Waals surface area (Å²) in [6.45, 7) is 6.63.